The number of nitrogens with zero attached hydrogens (tertiary/aromatic N) is 1. The Balaban J connectivity index is 1.62. The molecular weight excluding hydrogens is 295 g/mol. The van der Waals surface area contributed by atoms with Crippen LogP contribution in [0.15, 0.2) is 0 Å². The minimum Gasteiger partial charge on any atom is -0.376 e. The van der Waals surface area contributed by atoms with Crippen LogP contribution in [0.3, 0.4) is 0 Å². The maximum atomic E-state index is 14.3. The van der Waals surface area contributed by atoms with E-state index in [2.05, 4.69) is 24.1 Å². The van der Waals surface area contributed by atoms with Crippen LogP contribution in [0.5, 0.6) is 0 Å². The van der Waals surface area contributed by atoms with E-state index in [0.29, 0.717) is 25.9 Å². The van der Waals surface area contributed by atoms with Crippen molar-refractivity contribution >= 4 is 5.91 Å². The van der Waals surface area contributed by atoms with Crippen molar-refractivity contribution in [3.8, 4) is 0 Å². The zero-order valence-electron chi connectivity index (χ0n) is 14.6. The quantitative estimate of drug-likeness (QED) is 0.845. The summed E-state index contributed by atoms with van der Waals surface area (Å²) >= 11 is 0. The zero-order chi connectivity index (χ0) is 16.5. The van der Waals surface area contributed by atoms with Gasteiger partial charge in [-0.3, -0.25) is 9.69 Å². The lowest BCUT2D eigenvalue weighted by Crippen LogP contribution is -2.62. The third kappa shape index (κ3) is 3.55. The summed E-state index contributed by atoms with van der Waals surface area (Å²) in [6.07, 6.45) is 6.26. The van der Waals surface area contributed by atoms with Crippen molar-refractivity contribution in [2.75, 3.05) is 19.7 Å². The first kappa shape index (κ1) is 17.2. The number of carbonyl (C=O) groups excluding carboxylic acids is 1. The summed E-state index contributed by atoms with van der Waals surface area (Å²) in [6.45, 7) is 6.57. The topological polar surface area (TPSA) is 41.6 Å². The molecule has 1 aliphatic heterocycles. The fourth-order valence-corrected chi connectivity index (χ4v) is 4.55. The van der Waals surface area contributed by atoms with Crippen LogP contribution in [0.25, 0.3) is 0 Å². The van der Waals surface area contributed by atoms with Crippen molar-refractivity contribution in [2.45, 2.75) is 88.6 Å². The van der Waals surface area contributed by atoms with Crippen molar-refractivity contribution < 1.29 is 13.9 Å². The Morgan fingerprint density at radius 2 is 1.91 bits per heavy atom. The molecule has 4 aliphatic rings. The molecule has 5 heteroatoms. The van der Waals surface area contributed by atoms with Gasteiger partial charge in [0, 0.05) is 18.6 Å². The summed E-state index contributed by atoms with van der Waals surface area (Å²) in [4.78, 5) is 15.2. The number of hydrogen-bond donors (Lipinski definition) is 1. The predicted octanol–water partition coefficient (Wildman–Crippen LogP) is 2.81. The van der Waals surface area contributed by atoms with Gasteiger partial charge >= 0.3 is 0 Å². The van der Waals surface area contributed by atoms with Gasteiger partial charge in [-0.05, 0) is 51.4 Å². The molecule has 3 aliphatic carbocycles. The summed E-state index contributed by atoms with van der Waals surface area (Å²) in [5.74, 6) is 0.137. The second-order valence-corrected chi connectivity index (χ2v) is 7.74. The molecule has 0 radical (unpaired) electrons. The van der Waals surface area contributed by atoms with E-state index < -0.39 is 5.67 Å². The number of fused-ring (bicyclic) bond motifs is 3. The van der Waals surface area contributed by atoms with Crippen LogP contribution in [0.2, 0.25) is 0 Å². The fourth-order valence-electron chi connectivity index (χ4n) is 4.55. The van der Waals surface area contributed by atoms with Crippen LogP contribution in [0.4, 0.5) is 4.39 Å². The fraction of sp³-hybridized carbons (Fsp3) is 0.944. The van der Waals surface area contributed by atoms with Crippen molar-refractivity contribution in [2.24, 2.45) is 0 Å². The molecule has 23 heavy (non-hydrogen) atoms. The highest BCUT2D eigenvalue weighted by Gasteiger charge is 2.50. The Morgan fingerprint density at radius 3 is 2.48 bits per heavy atom. The first-order valence-electron chi connectivity index (χ1n) is 9.36. The maximum Gasteiger partial charge on any atom is 0.237 e. The van der Waals surface area contributed by atoms with E-state index >= 15 is 0 Å². The summed E-state index contributed by atoms with van der Waals surface area (Å²) in [5.41, 5.74) is -1.09. The molecule has 2 atom stereocenters. The number of alkyl halides is 1. The van der Waals surface area contributed by atoms with E-state index in [1.165, 1.54) is 0 Å². The van der Waals surface area contributed by atoms with Gasteiger partial charge in [0.25, 0.3) is 0 Å². The van der Waals surface area contributed by atoms with E-state index in [9.17, 15) is 9.18 Å². The number of morpholine rings is 1. The Hall–Kier alpha value is -0.680. The normalized spacial score (nSPS) is 39.2. The van der Waals surface area contributed by atoms with E-state index in [-0.39, 0.29) is 23.6 Å². The summed E-state index contributed by atoms with van der Waals surface area (Å²) in [6, 6.07) is -0.0821. The van der Waals surface area contributed by atoms with Gasteiger partial charge < -0.3 is 10.1 Å². The molecule has 1 heterocycles. The molecule has 1 N–H and O–H groups in total. The number of rotatable bonds is 5. The Labute approximate surface area is 139 Å². The van der Waals surface area contributed by atoms with Crippen LogP contribution >= 0.6 is 0 Å². The maximum absolute atomic E-state index is 14.3. The lowest BCUT2D eigenvalue weighted by molar-refractivity contribution is -0.134. The van der Waals surface area contributed by atoms with E-state index in [1.54, 1.807) is 0 Å². The van der Waals surface area contributed by atoms with Gasteiger partial charge in [0.05, 0.1) is 18.8 Å². The zero-order valence-corrected chi connectivity index (χ0v) is 14.6. The van der Waals surface area contributed by atoms with Crippen molar-refractivity contribution in [1.82, 2.24) is 10.2 Å². The Kier molecular flexibility index (Phi) is 4.98. The average Bonchev–Trinajstić information content (AvgIpc) is 2.57. The van der Waals surface area contributed by atoms with Crippen LogP contribution in [-0.4, -0.2) is 53.9 Å². The largest absolute Gasteiger partial charge is 0.376 e. The smallest absolute Gasteiger partial charge is 0.237 e. The Morgan fingerprint density at radius 1 is 1.26 bits per heavy atom. The molecule has 0 aromatic heterocycles. The van der Waals surface area contributed by atoms with Gasteiger partial charge in [0.15, 0.2) is 0 Å². The number of nitrogens with one attached hydrogen (secondary N) is 1. The van der Waals surface area contributed by atoms with Crippen LogP contribution in [0.1, 0.15) is 65.2 Å². The van der Waals surface area contributed by atoms with E-state index in [0.717, 1.165) is 45.2 Å². The molecule has 2 bridgehead atoms. The van der Waals surface area contributed by atoms with Gasteiger partial charge in [-0.25, -0.2) is 4.39 Å². The molecule has 0 spiro atoms. The minimum absolute atomic E-state index is 0.0821. The summed E-state index contributed by atoms with van der Waals surface area (Å²) in [7, 11) is 0. The second kappa shape index (κ2) is 6.67. The van der Waals surface area contributed by atoms with E-state index in [4.69, 9.17) is 4.74 Å². The second-order valence-electron chi connectivity index (χ2n) is 7.74. The summed E-state index contributed by atoms with van der Waals surface area (Å²) < 4.78 is 20.0. The molecule has 132 valence electrons. The molecule has 0 aromatic carbocycles. The number of amides is 1. The number of halogens is 1. The number of hydrogen-bond acceptors (Lipinski definition) is 3. The van der Waals surface area contributed by atoms with E-state index in [1.807, 2.05) is 0 Å². The first-order valence-corrected chi connectivity index (χ1v) is 9.36. The SMILES string of the molecule is CCC1CN(C(CC)C(=O)NC23CCC(F)(CC2)CC3)CCO1. The van der Waals surface area contributed by atoms with Crippen LogP contribution in [-0.2, 0) is 9.53 Å². The van der Waals surface area contributed by atoms with Gasteiger partial charge in [-0.15, -0.1) is 0 Å². The molecule has 4 rings (SSSR count). The number of ether oxygens (including phenoxy) is 1. The van der Waals surface area contributed by atoms with Crippen LogP contribution in [0, 0.1) is 0 Å². The predicted molar refractivity (Wildman–Crippen MR) is 88.1 cm³/mol. The van der Waals surface area contributed by atoms with Crippen molar-refractivity contribution in [3.63, 3.8) is 0 Å². The highest BCUT2D eigenvalue weighted by Crippen LogP contribution is 2.49. The molecule has 1 saturated heterocycles. The third-order valence-corrected chi connectivity index (χ3v) is 6.30. The van der Waals surface area contributed by atoms with Crippen molar-refractivity contribution in [1.29, 1.82) is 0 Å². The molecule has 4 fully saturated rings. The highest BCUT2D eigenvalue weighted by molar-refractivity contribution is 5.82. The van der Waals surface area contributed by atoms with Gasteiger partial charge in [0.2, 0.25) is 5.91 Å². The third-order valence-electron chi connectivity index (χ3n) is 6.30. The molecule has 3 saturated carbocycles. The Bertz CT molecular complexity index is 418. The lowest BCUT2D eigenvalue weighted by atomic mass is 9.64. The molecule has 0 aromatic rings. The lowest BCUT2D eigenvalue weighted by Gasteiger charge is -2.50. The standard InChI is InChI=1S/C18H31FN2O2/c1-3-14-13-21(11-12-23-14)15(4-2)16(22)20-18-8-5-17(19,6-9-18)7-10-18/h14-15H,3-13H2,1-2H3,(H,20,22). The molecule has 2 unspecified atom stereocenters. The average molecular weight is 326 g/mol. The monoisotopic (exact) mass is 326 g/mol. The van der Waals surface area contributed by atoms with Crippen molar-refractivity contribution in [3.05, 3.63) is 0 Å². The molecule has 1 amide bonds. The highest BCUT2D eigenvalue weighted by atomic mass is 19.1. The summed E-state index contributed by atoms with van der Waals surface area (Å²) in [5, 5.41) is 3.33. The van der Waals surface area contributed by atoms with Crippen LogP contribution < -0.4 is 5.32 Å². The van der Waals surface area contributed by atoms with Gasteiger partial charge in [-0.2, -0.15) is 0 Å². The number of carbonyl (C=O) groups is 1. The van der Waals surface area contributed by atoms with Gasteiger partial charge in [0.1, 0.15) is 5.67 Å². The minimum atomic E-state index is -0.949. The molecule has 4 nitrogen and oxygen atoms in total. The first-order chi connectivity index (χ1) is 11.0. The van der Waals surface area contributed by atoms with Gasteiger partial charge in [-0.1, -0.05) is 13.8 Å². The molecular formula is C18H31FN2O2.